The minimum absolute atomic E-state index is 0.156. The van der Waals surface area contributed by atoms with E-state index in [0.717, 1.165) is 24.9 Å². The maximum atomic E-state index is 12.9. The van der Waals surface area contributed by atoms with Crippen molar-refractivity contribution in [2.75, 3.05) is 25.5 Å². The zero-order chi connectivity index (χ0) is 23.4. The van der Waals surface area contributed by atoms with E-state index in [-0.39, 0.29) is 11.8 Å². The van der Waals surface area contributed by atoms with Crippen molar-refractivity contribution in [1.82, 2.24) is 15.0 Å². The molecule has 0 saturated carbocycles. The molecule has 4 rings (SSSR count). The highest BCUT2D eigenvalue weighted by molar-refractivity contribution is 6.34. The Morgan fingerprint density at radius 1 is 1.21 bits per heavy atom. The van der Waals surface area contributed by atoms with Crippen molar-refractivity contribution in [3.63, 3.8) is 0 Å². The molecule has 3 aromatic rings. The SMILES string of the molecule is COC(=O)c1ccc(Cl)c(NC(=O)C2CCCN(Cc3nc(-c4ccc(Cl)cc4)no3)C2)c1. The molecule has 1 saturated heterocycles. The van der Waals surface area contributed by atoms with E-state index in [1.165, 1.54) is 13.2 Å². The van der Waals surface area contributed by atoms with Crippen molar-refractivity contribution < 1.29 is 18.8 Å². The van der Waals surface area contributed by atoms with Crippen LogP contribution in [0.5, 0.6) is 0 Å². The van der Waals surface area contributed by atoms with Gasteiger partial charge in [-0.2, -0.15) is 4.98 Å². The second-order valence-corrected chi connectivity index (χ2v) is 8.61. The number of hydrogen-bond acceptors (Lipinski definition) is 7. The molecule has 1 N–H and O–H groups in total. The fraction of sp³-hybridized carbons (Fsp3) is 0.304. The van der Waals surface area contributed by atoms with E-state index in [9.17, 15) is 9.59 Å². The van der Waals surface area contributed by atoms with Gasteiger partial charge in [-0.05, 0) is 61.9 Å². The minimum atomic E-state index is -0.497. The number of esters is 1. The number of nitrogens with one attached hydrogen (secondary N) is 1. The van der Waals surface area contributed by atoms with Gasteiger partial charge in [0.2, 0.25) is 17.6 Å². The van der Waals surface area contributed by atoms with Crippen molar-refractivity contribution in [2.45, 2.75) is 19.4 Å². The normalized spacial score (nSPS) is 16.4. The summed E-state index contributed by atoms with van der Waals surface area (Å²) in [6, 6.07) is 11.8. The second kappa shape index (κ2) is 10.3. The minimum Gasteiger partial charge on any atom is -0.465 e. The molecule has 1 aromatic heterocycles. The van der Waals surface area contributed by atoms with Crippen molar-refractivity contribution >= 4 is 40.8 Å². The van der Waals surface area contributed by atoms with Crippen molar-refractivity contribution in [3.8, 4) is 11.4 Å². The summed E-state index contributed by atoms with van der Waals surface area (Å²) in [5, 5.41) is 7.88. The predicted octanol–water partition coefficient (Wildman–Crippen LogP) is 4.68. The molecule has 1 aliphatic heterocycles. The summed E-state index contributed by atoms with van der Waals surface area (Å²) in [6.07, 6.45) is 1.60. The second-order valence-electron chi connectivity index (χ2n) is 7.77. The van der Waals surface area contributed by atoms with E-state index in [1.54, 1.807) is 24.3 Å². The van der Waals surface area contributed by atoms with Gasteiger partial charge in [-0.25, -0.2) is 4.79 Å². The van der Waals surface area contributed by atoms with Crippen molar-refractivity contribution in [1.29, 1.82) is 0 Å². The smallest absolute Gasteiger partial charge is 0.337 e. The highest BCUT2D eigenvalue weighted by atomic mass is 35.5. The van der Waals surface area contributed by atoms with Crippen LogP contribution >= 0.6 is 23.2 Å². The molecule has 1 amide bonds. The third-order valence-corrected chi connectivity index (χ3v) is 6.03. The lowest BCUT2D eigenvalue weighted by Crippen LogP contribution is -2.40. The standard InChI is InChI=1S/C23H22Cl2N4O4/c1-32-23(31)15-6-9-18(25)19(11-15)26-22(30)16-3-2-10-29(12-16)13-20-27-21(28-33-20)14-4-7-17(24)8-5-14/h4-9,11,16H,2-3,10,12-13H2,1H3,(H,26,30). The molecule has 1 aliphatic rings. The molecule has 0 aliphatic carbocycles. The van der Waals surface area contributed by atoms with E-state index in [4.69, 9.17) is 32.5 Å². The van der Waals surface area contributed by atoms with Gasteiger partial charge >= 0.3 is 5.97 Å². The number of halogens is 2. The Kier molecular flexibility index (Phi) is 7.27. The van der Waals surface area contributed by atoms with Crippen LogP contribution in [-0.4, -0.2) is 47.1 Å². The lowest BCUT2D eigenvalue weighted by molar-refractivity contribution is -0.121. The predicted molar refractivity (Wildman–Crippen MR) is 124 cm³/mol. The van der Waals surface area contributed by atoms with Crippen LogP contribution in [0, 0.1) is 5.92 Å². The summed E-state index contributed by atoms with van der Waals surface area (Å²) in [5.41, 5.74) is 1.51. The summed E-state index contributed by atoms with van der Waals surface area (Å²) in [6.45, 7) is 1.81. The largest absolute Gasteiger partial charge is 0.465 e. The summed E-state index contributed by atoms with van der Waals surface area (Å²) >= 11 is 12.1. The summed E-state index contributed by atoms with van der Waals surface area (Å²) in [7, 11) is 1.30. The van der Waals surface area contributed by atoms with E-state index >= 15 is 0 Å². The number of anilines is 1. The molecule has 0 bridgehead atoms. The van der Waals surface area contributed by atoms with E-state index < -0.39 is 5.97 Å². The van der Waals surface area contributed by atoms with E-state index in [0.29, 0.717) is 46.1 Å². The Balaban J connectivity index is 1.38. The molecule has 1 atom stereocenters. The van der Waals surface area contributed by atoms with Gasteiger partial charge in [0.25, 0.3) is 0 Å². The molecule has 33 heavy (non-hydrogen) atoms. The number of nitrogens with zero attached hydrogens (tertiary/aromatic N) is 3. The number of methoxy groups -OCH3 is 1. The number of benzene rings is 2. The lowest BCUT2D eigenvalue weighted by Gasteiger charge is -2.31. The van der Waals surface area contributed by atoms with Gasteiger partial charge in [-0.3, -0.25) is 9.69 Å². The van der Waals surface area contributed by atoms with E-state index in [1.807, 2.05) is 12.1 Å². The molecule has 2 aromatic carbocycles. The van der Waals surface area contributed by atoms with Gasteiger partial charge < -0.3 is 14.6 Å². The van der Waals surface area contributed by atoms with Gasteiger partial charge in [0.1, 0.15) is 0 Å². The first-order valence-corrected chi connectivity index (χ1v) is 11.2. The monoisotopic (exact) mass is 488 g/mol. The molecule has 2 heterocycles. The number of amides is 1. The van der Waals surface area contributed by atoms with E-state index in [2.05, 4.69) is 20.4 Å². The lowest BCUT2D eigenvalue weighted by atomic mass is 9.97. The summed E-state index contributed by atoms with van der Waals surface area (Å²) in [4.78, 5) is 31.3. The average molecular weight is 489 g/mol. The quantitative estimate of drug-likeness (QED) is 0.502. The summed E-state index contributed by atoms with van der Waals surface area (Å²) < 4.78 is 10.1. The Labute approximate surface area is 200 Å². The van der Waals surface area contributed by atoms with Crippen LogP contribution in [0.3, 0.4) is 0 Å². The Hall–Kier alpha value is -2.94. The van der Waals surface area contributed by atoms with Gasteiger partial charge in [0, 0.05) is 17.1 Å². The molecule has 1 unspecified atom stereocenters. The number of carbonyl (C=O) groups excluding carboxylic acids is 2. The summed E-state index contributed by atoms with van der Waals surface area (Å²) in [5.74, 6) is 0.0812. The third kappa shape index (κ3) is 5.71. The van der Waals surface area contributed by atoms with Crippen LogP contribution in [-0.2, 0) is 16.1 Å². The first-order chi connectivity index (χ1) is 15.9. The molecule has 0 radical (unpaired) electrons. The van der Waals surface area contributed by atoms with Crippen LogP contribution in [0.15, 0.2) is 47.0 Å². The average Bonchev–Trinajstić information content (AvgIpc) is 3.29. The number of hydrogen-bond donors (Lipinski definition) is 1. The van der Waals surface area contributed by atoms with Crippen LogP contribution in [0.2, 0.25) is 10.0 Å². The zero-order valence-corrected chi connectivity index (χ0v) is 19.4. The van der Waals surface area contributed by atoms with Gasteiger partial charge in [0.15, 0.2) is 0 Å². The first-order valence-electron chi connectivity index (χ1n) is 10.4. The number of likely N-dealkylation sites (tertiary alicyclic amines) is 1. The maximum absolute atomic E-state index is 12.9. The third-order valence-electron chi connectivity index (χ3n) is 5.45. The fourth-order valence-corrected chi connectivity index (χ4v) is 4.03. The molecule has 172 valence electrons. The van der Waals surface area contributed by atoms with Crippen LogP contribution < -0.4 is 5.32 Å². The number of ether oxygens (including phenoxy) is 1. The molecule has 1 fully saturated rings. The van der Waals surface area contributed by atoms with Crippen LogP contribution in [0.4, 0.5) is 5.69 Å². The number of rotatable bonds is 6. The highest BCUT2D eigenvalue weighted by Gasteiger charge is 2.27. The fourth-order valence-electron chi connectivity index (χ4n) is 3.74. The van der Waals surface area contributed by atoms with Crippen molar-refractivity contribution in [3.05, 3.63) is 64.0 Å². The number of aromatic nitrogens is 2. The number of piperidine rings is 1. The topological polar surface area (TPSA) is 97.6 Å². The van der Waals surface area contributed by atoms with Crippen LogP contribution in [0.1, 0.15) is 29.1 Å². The number of carbonyl (C=O) groups is 2. The first kappa shape index (κ1) is 23.2. The Morgan fingerprint density at radius 2 is 2.00 bits per heavy atom. The molecule has 0 spiro atoms. The maximum Gasteiger partial charge on any atom is 0.337 e. The van der Waals surface area contributed by atoms with Crippen LogP contribution in [0.25, 0.3) is 11.4 Å². The van der Waals surface area contributed by atoms with Gasteiger partial charge in [-0.1, -0.05) is 28.4 Å². The molecule has 10 heteroatoms. The Bertz CT molecular complexity index is 1150. The molecular weight excluding hydrogens is 467 g/mol. The molecular formula is C23H22Cl2N4O4. The molecule has 8 nitrogen and oxygen atoms in total. The zero-order valence-electron chi connectivity index (χ0n) is 17.9. The van der Waals surface area contributed by atoms with Gasteiger partial charge in [0.05, 0.1) is 35.8 Å². The van der Waals surface area contributed by atoms with Gasteiger partial charge in [-0.15, -0.1) is 0 Å². The van der Waals surface area contributed by atoms with Crippen molar-refractivity contribution in [2.24, 2.45) is 5.92 Å². The Morgan fingerprint density at radius 3 is 2.76 bits per heavy atom. The highest BCUT2D eigenvalue weighted by Crippen LogP contribution is 2.26.